The molecule has 1 atom stereocenters. The SMILES string of the molecule is CC(O)C(C)(C)Nc1ccc(N)c2ccncc12. The van der Waals surface area contributed by atoms with Crippen LogP contribution in [0.4, 0.5) is 11.4 Å². The number of aromatic nitrogens is 1. The molecule has 2 aromatic rings. The van der Waals surface area contributed by atoms with Crippen molar-refractivity contribution in [3.63, 3.8) is 0 Å². The summed E-state index contributed by atoms with van der Waals surface area (Å²) in [5.74, 6) is 0. The van der Waals surface area contributed by atoms with Gasteiger partial charge in [0.1, 0.15) is 0 Å². The van der Waals surface area contributed by atoms with Crippen molar-refractivity contribution in [1.82, 2.24) is 4.98 Å². The molecule has 1 unspecified atom stereocenters. The summed E-state index contributed by atoms with van der Waals surface area (Å²) in [6.07, 6.45) is 3.04. The van der Waals surface area contributed by atoms with Gasteiger partial charge in [-0.25, -0.2) is 0 Å². The zero-order chi connectivity index (χ0) is 13.3. The third-order valence-corrected chi connectivity index (χ3v) is 3.35. The second-order valence-corrected chi connectivity index (χ2v) is 5.15. The molecule has 0 saturated carbocycles. The molecular formula is C14H19N3O. The van der Waals surface area contributed by atoms with Crippen LogP contribution in [0.15, 0.2) is 30.6 Å². The molecule has 4 heteroatoms. The van der Waals surface area contributed by atoms with E-state index in [0.29, 0.717) is 0 Å². The van der Waals surface area contributed by atoms with Gasteiger partial charge >= 0.3 is 0 Å². The molecule has 1 aromatic heterocycles. The van der Waals surface area contributed by atoms with Crippen LogP contribution in [0.2, 0.25) is 0 Å². The average molecular weight is 245 g/mol. The Balaban J connectivity index is 2.50. The van der Waals surface area contributed by atoms with Crippen molar-refractivity contribution < 1.29 is 5.11 Å². The van der Waals surface area contributed by atoms with E-state index >= 15 is 0 Å². The number of anilines is 2. The number of hydrogen-bond donors (Lipinski definition) is 3. The Morgan fingerprint density at radius 2 is 2.00 bits per heavy atom. The lowest BCUT2D eigenvalue weighted by Crippen LogP contribution is -2.41. The number of aliphatic hydroxyl groups is 1. The Morgan fingerprint density at radius 3 is 2.67 bits per heavy atom. The fourth-order valence-corrected chi connectivity index (χ4v) is 1.77. The molecule has 0 aliphatic heterocycles. The third-order valence-electron chi connectivity index (χ3n) is 3.35. The summed E-state index contributed by atoms with van der Waals surface area (Å²) in [6, 6.07) is 5.68. The molecule has 4 nitrogen and oxygen atoms in total. The van der Waals surface area contributed by atoms with E-state index in [2.05, 4.69) is 10.3 Å². The molecule has 0 saturated heterocycles. The first-order valence-electron chi connectivity index (χ1n) is 6.00. The van der Waals surface area contributed by atoms with Gasteiger partial charge < -0.3 is 16.2 Å². The van der Waals surface area contributed by atoms with Gasteiger partial charge in [0.15, 0.2) is 0 Å². The standard InChI is InChI=1S/C14H19N3O/c1-9(18)14(2,3)17-13-5-4-12(15)10-6-7-16-8-11(10)13/h4-9,17-18H,15H2,1-3H3. The van der Waals surface area contributed by atoms with Gasteiger partial charge in [-0.05, 0) is 39.0 Å². The Morgan fingerprint density at radius 1 is 1.28 bits per heavy atom. The number of pyridine rings is 1. The number of fused-ring (bicyclic) bond motifs is 1. The second kappa shape index (κ2) is 4.46. The summed E-state index contributed by atoms with van der Waals surface area (Å²) in [4.78, 5) is 4.13. The van der Waals surface area contributed by atoms with Crippen LogP contribution in [0.25, 0.3) is 10.8 Å². The number of nitrogen functional groups attached to an aromatic ring is 1. The molecule has 0 aliphatic carbocycles. The molecule has 18 heavy (non-hydrogen) atoms. The summed E-state index contributed by atoms with van der Waals surface area (Å²) in [5.41, 5.74) is 7.18. The van der Waals surface area contributed by atoms with E-state index in [0.717, 1.165) is 22.1 Å². The highest BCUT2D eigenvalue weighted by atomic mass is 16.3. The largest absolute Gasteiger partial charge is 0.398 e. The van der Waals surface area contributed by atoms with Crippen molar-refractivity contribution in [2.24, 2.45) is 0 Å². The molecule has 0 bridgehead atoms. The molecule has 0 amide bonds. The van der Waals surface area contributed by atoms with E-state index in [1.165, 1.54) is 0 Å². The first kappa shape index (κ1) is 12.6. The van der Waals surface area contributed by atoms with Gasteiger partial charge in [-0.1, -0.05) is 0 Å². The number of hydrogen-bond acceptors (Lipinski definition) is 4. The molecular weight excluding hydrogens is 226 g/mol. The van der Waals surface area contributed by atoms with Crippen LogP contribution >= 0.6 is 0 Å². The molecule has 1 heterocycles. The quantitative estimate of drug-likeness (QED) is 0.726. The van der Waals surface area contributed by atoms with Crippen molar-refractivity contribution in [1.29, 1.82) is 0 Å². The first-order valence-corrected chi connectivity index (χ1v) is 6.00. The number of rotatable bonds is 3. The number of nitrogens with one attached hydrogen (secondary N) is 1. The van der Waals surface area contributed by atoms with E-state index in [1.54, 1.807) is 19.3 Å². The molecule has 0 spiro atoms. The monoisotopic (exact) mass is 245 g/mol. The van der Waals surface area contributed by atoms with Gasteiger partial charge in [0.25, 0.3) is 0 Å². The van der Waals surface area contributed by atoms with Gasteiger partial charge in [0.2, 0.25) is 0 Å². The van der Waals surface area contributed by atoms with E-state index in [4.69, 9.17) is 5.73 Å². The van der Waals surface area contributed by atoms with Crippen LogP contribution in [-0.2, 0) is 0 Å². The predicted octanol–water partition coefficient (Wildman–Crippen LogP) is 2.39. The number of nitrogens with zero attached hydrogens (tertiary/aromatic N) is 1. The van der Waals surface area contributed by atoms with E-state index < -0.39 is 11.6 Å². The number of nitrogens with two attached hydrogens (primary N) is 1. The van der Waals surface area contributed by atoms with Crippen molar-refractivity contribution in [3.8, 4) is 0 Å². The molecule has 0 fully saturated rings. The summed E-state index contributed by atoms with van der Waals surface area (Å²) >= 11 is 0. The molecule has 0 radical (unpaired) electrons. The van der Waals surface area contributed by atoms with Crippen LogP contribution in [0, 0.1) is 0 Å². The zero-order valence-electron chi connectivity index (χ0n) is 10.9. The third kappa shape index (κ3) is 2.24. The van der Waals surface area contributed by atoms with Crippen LogP contribution in [0.3, 0.4) is 0 Å². The van der Waals surface area contributed by atoms with E-state index in [9.17, 15) is 5.11 Å². The summed E-state index contributed by atoms with van der Waals surface area (Å²) in [7, 11) is 0. The molecule has 4 N–H and O–H groups in total. The Hall–Kier alpha value is -1.81. The maximum Gasteiger partial charge on any atom is 0.0736 e. The lowest BCUT2D eigenvalue weighted by Gasteiger charge is -2.31. The minimum atomic E-state index is -0.471. The van der Waals surface area contributed by atoms with Gasteiger partial charge in [0, 0.05) is 34.5 Å². The van der Waals surface area contributed by atoms with Crippen molar-refractivity contribution in [2.45, 2.75) is 32.4 Å². The zero-order valence-corrected chi connectivity index (χ0v) is 10.9. The Kier molecular flexibility index (Phi) is 3.13. The predicted molar refractivity (Wildman–Crippen MR) is 75.5 cm³/mol. The van der Waals surface area contributed by atoms with Gasteiger partial charge in [0.05, 0.1) is 11.6 Å². The molecule has 0 aliphatic rings. The minimum absolute atomic E-state index is 0.418. The number of benzene rings is 1. The van der Waals surface area contributed by atoms with Gasteiger partial charge in [-0.2, -0.15) is 0 Å². The maximum atomic E-state index is 9.77. The fraction of sp³-hybridized carbons (Fsp3) is 0.357. The highest BCUT2D eigenvalue weighted by Gasteiger charge is 2.24. The maximum absolute atomic E-state index is 9.77. The van der Waals surface area contributed by atoms with E-state index in [-0.39, 0.29) is 0 Å². The minimum Gasteiger partial charge on any atom is -0.398 e. The number of aliphatic hydroxyl groups excluding tert-OH is 1. The fourth-order valence-electron chi connectivity index (χ4n) is 1.77. The smallest absolute Gasteiger partial charge is 0.0736 e. The van der Waals surface area contributed by atoms with Crippen LogP contribution in [0.5, 0.6) is 0 Å². The summed E-state index contributed by atoms with van der Waals surface area (Å²) in [5, 5.41) is 15.0. The van der Waals surface area contributed by atoms with Crippen molar-refractivity contribution in [2.75, 3.05) is 11.1 Å². The van der Waals surface area contributed by atoms with Crippen LogP contribution < -0.4 is 11.1 Å². The molecule has 96 valence electrons. The van der Waals surface area contributed by atoms with Gasteiger partial charge in [-0.3, -0.25) is 4.98 Å². The lowest BCUT2D eigenvalue weighted by molar-refractivity contribution is 0.133. The highest BCUT2D eigenvalue weighted by molar-refractivity contribution is 6.00. The van der Waals surface area contributed by atoms with Gasteiger partial charge in [-0.15, -0.1) is 0 Å². The van der Waals surface area contributed by atoms with Crippen LogP contribution in [0.1, 0.15) is 20.8 Å². The Bertz CT molecular complexity index is 564. The van der Waals surface area contributed by atoms with Crippen molar-refractivity contribution >= 4 is 22.1 Å². The first-order chi connectivity index (χ1) is 8.42. The summed E-state index contributed by atoms with van der Waals surface area (Å²) in [6.45, 7) is 5.68. The lowest BCUT2D eigenvalue weighted by atomic mass is 9.97. The van der Waals surface area contributed by atoms with E-state index in [1.807, 2.05) is 32.0 Å². The normalized spacial score (nSPS) is 13.6. The van der Waals surface area contributed by atoms with Crippen LogP contribution in [-0.4, -0.2) is 21.7 Å². The molecule has 1 aromatic carbocycles. The topological polar surface area (TPSA) is 71.2 Å². The molecule has 2 rings (SSSR count). The highest BCUT2D eigenvalue weighted by Crippen LogP contribution is 2.30. The second-order valence-electron chi connectivity index (χ2n) is 5.15. The summed E-state index contributed by atoms with van der Waals surface area (Å²) < 4.78 is 0. The average Bonchev–Trinajstić information content (AvgIpc) is 2.33. The Labute approximate surface area is 107 Å². The van der Waals surface area contributed by atoms with Crippen molar-refractivity contribution in [3.05, 3.63) is 30.6 Å².